The van der Waals surface area contributed by atoms with E-state index < -0.39 is 0 Å². The molecular formula is C11H14BrNO2. The molecule has 0 aliphatic carbocycles. The van der Waals surface area contributed by atoms with Gasteiger partial charge in [0.25, 0.3) is 0 Å². The molecule has 1 heterocycles. The second kappa shape index (κ2) is 4.96. The fraction of sp³-hybridized carbons (Fsp3) is 0.455. The molecule has 0 aromatic heterocycles. The number of anilines is 1. The quantitative estimate of drug-likeness (QED) is 0.888. The van der Waals surface area contributed by atoms with Crippen LogP contribution in [0.3, 0.4) is 0 Å². The fourth-order valence-corrected chi connectivity index (χ4v) is 2.04. The van der Waals surface area contributed by atoms with Crippen LogP contribution in [0.4, 0.5) is 5.69 Å². The number of hydrogen-bond acceptors (Lipinski definition) is 3. The number of benzene rings is 1. The van der Waals surface area contributed by atoms with Gasteiger partial charge in [0.1, 0.15) is 0 Å². The third kappa shape index (κ3) is 2.51. The number of aliphatic hydroxyl groups is 1. The van der Waals surface area contributed by atoms with Crippen molar-refractivity contribution in [2.75, 3.05) is 31.3 Å². The van der Waals surface area contributed by atoms with Gasteiger partial charge in [-0.3, -0.25) is 0 Å². The molecule has 15 heavy (non-hydrogen) atoms. The van der Waals surface area contributed by atoms with Crippen LogP contribution >= 0.6 is 15.9 Å². The molecule has 1 aromatic rings. The fourth-order valence-electron chi connectivity index (χ4n) is 1.78. The summed E-state index contributed by atoms with van der Waals surface area (Å²) in [5.74, 6) is 0. The molecule has 0 radical (unpaired) electrons. The summed E-state index contributed by atoms with van der Waals surface area (Å²) in [5.41, 5.74) is 1.14. The molecule has 2 rings (SSSR count). The predicted molar refractivity (Wildman–Crippen MR) is 63.2 cm³/mol. The van der Waals surface area contributed by atoms with Crippen LogP contribution in [0.2, 0.25) is 0 Å². The van der Waals surface area contributed by atoms with E-state index in [0.29, 0.717) is 6.61 Å². The lowest BCUT2D eigenvalue weighted by Crippen LogP contribution is -2.47. The molecule has 82 valence electrons. The Labute approximate surface area is 97.8 Å². The zero-order chi connectivity index (χ0) is 10.7. The Morgan fingerprint density at radius 1 is 1.40 bits per heavy atom. The Bertz CT molecular complexity index is 315. The van der Waals surface area contributed by atoms with E-state index in [4.69, 9.17) is 4.74 Å². The standard InChI is InChI=1S/C11H14BrNO2/c12-9-1-3-10(4-2-9)13-5-6-15-8-11(13)7-14/h1-4,11,14H,5-8H2. The van der Waals surface area contributed by atoms with Crippen molar-refractivity contribution >= 4 is 21.6 Å². The molecule has 0 bridgehead atoms. The second-order valence-corrected chi connectivity index (χ2v) is 4.50. The van der Waals surface area contributed by atoms with Gasteiger partial charge in [0.15, 0.2) is 0 Å². The summed E-state index contributed by atoms with van der Waals surface area (Å²) in [4.78, 5) is 2.19. The lowest BCUT2D eigenvalue weighted by molar-refractivity contribution is 0.0727. The molecule has 0 spiro atoms. The van der Waals surface area contributed by atoms with E-state index in [9.17, 15) is 5.11 Å². The first-order valence-corrected chi connectivity index (χ1v) is 5.81. The molecule has 1 aromatic carbocycles. The summed E-state index contributed by atoms with van der Waals surface area (Å²) in [7, 11) is 0. The van der Waals surface area contributed by atoms with Gasteiger partial charge in [0, 0.05) is 16.7 Å². The Balaban J connectivity index is 2.16. The molecule has 0 saturated carbocycles. The van der Waals surface area contributed by atoms with Crippen molar-refractivity contribution in [1.82, 2.24) is 0 Å². The van der Waals surface area contributed by atoms with Gasteiger partial charge in [0.05, 0.1) is 25.9 Å². The van der Waals surface area contributed by atoms with Crippen molar-refractivity contribution in [3.05, 3.63) is 28.7 Å². The van der Waals surface area contributed by atoms with Crippen LogP contribution in [0.25, 0.3) is 0 Å². The topological polar surface area (TPSA) is 32.7 Å². The summed E-state index contributed by atoms with van der Waals surface area (Å²) in [6.45, 7) is 2.31. The van der Waals surface area contributed by atoms with Crippen molar-refractivity contribution in [3.63, 3.8) is 0 Å². The number of halogens is 1. The highest BCUT2D eigenvalue weighted by Crippen LogP contribution is 2.21. The number of hydrogen-bond donors (Lipinski definition) is 1. The molecule has 1 aliphatic rings. The highest BCUT2D eigenvalue weighted by atomic mass is 79.9. The third-order valence-corrected chi connectivity index (χ3v) is 3.13. The maximum absolute atomic E-state index is 9.25. The summed E-state index contributed by atoms with van der Waals surface area (Å²) in [6, 6.07) is 8.22. The number of nitrogens with zero attached hydrogens (tertiary/aromatic N) is 1. The monoisotopic (exact) mass is 271 g/mol. The summed E-state index contributed by atoms with van der Waals surface area (Å²) >= 11 is 3.41. The van der Waals surface area contributed by atoms with Gasteiger partial charge in [-0.1, -0.05) is 15.9 Å². The maximum atomic E-state index is 9.25. The van der Waals surface area contributed by atoms with Crippen LogP contribution < -0.4 is 4.90 Å². The molecule has 1 saturated heterocycles. The van der Waals surface area contributed by atoms with Gasteiger partial charge in [-0.15, -0.1) is 0 Å². The number of ether oxygens (including phenoxy) is 1. The number of morpholine rings is 1. The summed E-state index contributed by atoms with van der Waals surface area (Å²) in [5, 5.41) is 9.25. The average molecular weight is 272 g/mol. The van der Waals surface area contributed by atoms with Crippen molar-refractivity contribution in [2.45, 2.75) is 6.04 Å². The highest BCUT2D eigenvalue weighted by Gasteiger charge is 2.22. The lowest BCUT2D eigenvalue weighted by Gasteiger charge is -2.36. The van der Waals surface area contributed by atoms with E-state index in [1.54, 1.807) is 0 Å². The molecule has 1 N–H and O–H groups in total. The molecule has 4 heteroatoms. The van der Waals surface area contributed by atoms with Gasteiger partial charge in [-0.25, -0.2) is 0 Å². The van der Waals surface area contributed by atoms with Crippen LogP contribution in [-0.2, 0) is 4.74 Å². The van der Waals surface area contributed by atoms with Crippen molar-refractivity contribution in [3.8, 4) is 0 Å². The Kier molecular flexibility index (Phi) is 3.61. The average Bonchev–Trinajstić information content (AvgIpc) is 2.30. The summed E-state index contributed by atoms with van der Waals surface area (Å²) in [6.07, 6.45) is 0. The first-order chi connectivity index (χ1) is 7.31. The van der Waals surface area contributed by atoms with Crippen molar-refractivity contribution in [1.29, 1.82) is 0 Å². The lowest BCUT2D eigenvalue weighted by atomic mass is 10.2. The van der Waals surface area contributed by atoms with Crippen molar-refractivity contribution in [2.24, 2.45) is 0 Å². The molecule has 1 atom stereocenters. The van der Waals surface area contributed by atoms with Gasteiger partial charge in [-0.2, -0.15) is 0 Å². The minimum Gasteiger partial charge on any atom is -0.394 e. The van der Waals surface area contributed by atoms with Gasteiger partial charge in [0.2, 0.25) is 0 Å². The molecule has 1 aliphatic heterocycles. The highest BCUT2D eigenvalue weighted by molar-refractivity contribution is 9.10. The molecule has 1 unspecified atom stereocenters. The van der Waals surface area contributed by atoms with Gasteiger partial charge in [-0.05, 0) is 24.3 Å². The van der Waals surface area contributed by atoms with Crippen LogP contribution in [-0.4, -0.2) is 37.5 Å². The van der Waals surface area contributed by atoms with E-state index in [1.807, 2.05) is 12.1 Å². The largest absolute Gasteiger partial charge is 0.394 e. The number of rotatable bonds is 2. The number of aliphatic hydroxyl groups excluding tert-OH is 1. The SMILES string of the molecule is OCC1COCCN1c1ccc(Br)cc1. The van der Waals surface area contributed by atoms with Crippen LogP contribution in [0.15, 0.2) is 28.7 Å². The normalized spacial score (nSPS) is 21.7. The van der Waals surface area contributed by atoms with Crippen LogP contribution in [0.1, 0.15) is 0 Å². The molecule has 0 amide bonds. The first-order valence-electron chi connectivity index (χ1n) is 5.02. The third-order valence-electron chi connectivity index (χ3n) is 2.60. The van der Waals surface area contributed by atoms with Crippen LogP contribution in [0.5, 0.6) is 0 Å². The minimum atomic E-state index is 0.0833. The van der Waals surface area contributed by atoms with Crippen molar-refractivity contribution < 1.29 is 9.84 Å². The Hall–Kier alpha value is -0.580. The van der Waals surface area contributed by atoms with Crippen LogP contribution in [0, 0.1) is 0 Å². The molecule has 3 nitrogen and oxygen atoms in total. The zero-order valence-electron chi connectivity index (χ0n) is 8.40. The minimum absolute atomic E-state index is 0.0833. The Morgan fingerprint density at radius 2 is 2.13 bits per heavy atom. The maximum Gasteiger partial charge on any atom is 0.0755 e. The predicted octanol–water partition coefficient (Wildman–Crippen LogP) is 1.65. The first kappa shape index (κ1) is 10.9. The van der Waals surface area contributed by atoms with E-state index in [1.165, 1.54) is 0 Å². The zero-order valence-corrected chi connectivity index (χ0v) is 9.98. The van der Waals surface area contributed by atoms with E-state index in [2.05, 4.69) is 33.0 Å². The molecular weight excluding hydrogens is 258 g/mol. The molecule has 1 fully saturated rings. The van der Waals surface area contributed by atoms with E-state index >= 15 is 0 Å². The van der Waals surface area contributed by atoms with Gasteiger partial charge >= 0.3 is 0 Å². The second-order valence-electron chi connectivity index (χ2n) is 3.58. The van der Waals surface area contributed by atoms with Gasteiger partial charge < -0.3 is 14.7 Å². The van der Waals surface area contributed by atoms with E-state index in [-0.39, 0.29) is 12.6 Å². The van der Waals surface area contributed by atoms with E-state index in [0.717, 1.165) is 23.3 Å². The smallest absolute Gasteiger partial charge is 0.0755 e. The summed E-state index contributed by atoms with van der Waals surface area (Å²) < 4.78 is 6.41. The Morgan fingerprint density at radius 3 is 2.80 bits per heavy atom.